The first-order chi connectivity index (χ1) is 14.4. The number of carbonyl (C=O) groups is 1. The number of nitrogens with zero attached hydrogens (tertiary/aromatic N) is 3. The number of hydrogen-bond acceptors (Lipinski definition) is 5. The molecule has 0 aliphatic rings. The molecule has 1 N–H and O–H groups in total. The van der Waals surface area contributed by atoms with Crippen molar-refractivity contribution in [3.63, 3.8) is 0 Å². The Morgan fingerprint density at radius 1 is 1.13 bits per heavy atom. The molecule has 0 saturated heterocycles. The number of aryl methyl sites for hydroxylation is 3. The molecular formula is C23H28N4O2S. The van der Waals surface area contributed by atoms with Crippen LogP contribution in [0.2, 0.25) is 0 Å². The molecule has 1 heterocycles. The Hall–Kier alpha value is -2.80. The molecule has 0 bridgehead atoms. The molecule has 1 unspecified atom stereocenters. The summed E-state index contributed by atoms with van der Waals surface area (Å²) in [6, 6.07) is 14.2. The van der Waals surface area contributed by atoms with Gasteiger partial charge in [-0.2, -0.15) is 0 Å². The van der Waals surface area contributed by atoms with Gasteiger partial charge in [0.15, 0.2) is 5.16 Å². The molecule has 0 radical (unpaired) electrons. The van der Waals surface area contributed by atoms with E-state index in [9.17, 15) is 4.79 Å². The van der Waals surface area contributed by atoms with Gasteiger partial charge in [0, 0.05) is 11.7 Å². The average molecular weight is 425 g/mol. The number of amides is 1. The first-order valence-electron chi connectivity index (χ1n) is 9.92. The monoisotopic (exact) mass is 424 g/mol. The highest BCUT2D eigenvalue weighted by atomic mass is 32.2. The van der Waals surface area contributed by atoms with Crippen LogP contribution >= 0.6 is 11.8 Å². The summed E-state index contributed by atoms with van der Waals surface area (Å²) in [5.74, 6) is 1.83. The Bertz CT molecular complexity index is 1010. The van der Waals surface area contributed by atoms with Gasteiger partial charge in [0.05, 0.1) is 12.9 Å². The van der Waals surface area contributed by atoms with Gasteiger partial charge in [-0.05, 0) is 69.5 Å². The molecule has 2 aromatic carbocycles. The minimum atomic E-state index is -0.0146. The first kappa shape index (κ1) is 21.9. The molecule has 3 rings (SSSR count). The molecule has 7 heteroatoms. The highest BCUT2D eigenvalue weighted by Crippen LogP contribution is 2.23. The fourth-order valence-electron chi connectivity index (χ4n) is 3.37. The summed E-state index contributed by atoms with van der Waals surface area (Å²) in [5.41, 5.74) is 4.70. The summed E-state index contributed by atoms with van der Waals surface area (Å²) in [4.78, 5) is 12.5. The molecule has 1 aromatic heterocycles. The first-order valence-corrected chi connectivity index (χ1v) is 10.9. The molecule has 1 atom stereocenters. The Balaban J connectivity index is 1.59. The third kappa shape index (κ3) is 5.42. The van der Waals surface area contributed by atoms with Crippen molar-refractivity contribution in [2.45, 2.75) is 45.3 Å². The van der Waals surface area contributed by atoms with Gasteiger partial charge in [-0.15, -0.1) is 10.2 Å². The Morgan fingerprint density at radius 3 is 2.53 bits per heavy atom. The van der Waals surface area contributed by atoms with Gasteiger partial charge in [-0.25, -0.2) is 0 Å². The maximum absolute atomic E-state index is 12.5. The van der Waals surface area contributed by atoms with Crippen molar-refractivity contribution in [3.8, 4) is 11.4 Å². The normalized spacial score (nSPS) is 11.9. The zero-order chi connectivity index (χ0) is 21.7. The maximum atomic E-state index is 12.5. The molecule has 1 amide bonds. The molecule has 6 nitrogen and oxygen atoms in total. The summed E-state index contributed by atoms with van der Waals surface area (Å²) in [5, 5.41) is 12.2. The van der Waals surface area contributed by atoms with E-state index in [2.05, 4.69) is 47.6 Å². The molecule has 0 aliphatic heterocycles. The molecule has 0 saturated carbocycles. The van der Waals surface area contributed by atoms with Crippen molar-refractivity contribution in [3.05, 3.63) is 65.0 Å². The molecule has 0 fully saturated rings. The smallest absolute Gasteiger partial charge is 0.230 e. The Labute approximate surface area is 182 Å². The topological polar surface area (TPSA) is 69.0 Å². The van der Waals surface area contributed by atoms with Gasteiger partial charge in [0.2, 0.25) is 5.91 Å². The van der Waals surface area contributed by atoms with Crippen LogP contribution < -0.4 is 10.1 Å². The lowest BCUT2D eigenvalue weighted by molar-refractivity contribution is -0.119. The highest BCUT2D eigenvalue weighted by molar-refractivity contribution is 7.99. The van der Waals surface area contributed by atoms with Crippen LogP contribution in [0.5, 0.6) is 5.75 Å². The number of nitrogens with one attached hydrogen (secondary N) is 1. The van der Waals surface area contributed by atoms with Crippen LogP contribution in [-0.4, -0.2) is 39.6 Å². The zero-order valence-corrected chi connectivity index (χ0v) is 18.9. The second-order valence-corrected chi connectivity index (χ2v) is 8.40. The lowest BCUT2D eigenvalue weighted by atomic mass is 10.00. The van der Waals surface area contributed by atoms with Crippen LogP contribution in [-0.2, 0) is 11.2 Å². The van der Waals surface area contributed by atoms with Crippen molar-refractivity contribution in [1.82, 2.24) is 20.1 Å². The minimum absolute atomic E-state index is 0.0146. The Morgan fingerprint density at radius 2 is 1.87 bits per heavy atom. The SMILES string of the molecule is COc1ccc(-n2c(C)nnc2SCC(=O)NC(C)Cc2ccc(C)cc2C)cc1. The van der Waals surface area contributed by atoms with E-state index in [0.717, 1.165) is 23.7 Å². The summed E-state index contributed by atoms with van der Waals surface area (Å²) in [6.45, 7) is 8.13. The molecule has 0 aliphatic carbocycles. The summed E-state index contributed by atoms with van der Waals surface area (Å²) >= 11 is 1.38. The van der Waals surface area contributed by atoms with Crippen molar-refractivity contribution in [2.24, 2.45) is 0 Å². The minimum Gasteiger partial charge on any atom is -0.497 e. The quantitative estimate of drug-likeness (QED) is 0.553. The van der Waals surface area contributed by atoms with E-state index in [1.165, 1.54) is 28.5 Å². The second-order valence-electron chi connectivity index (χ2n) is 7.45. The number of benzene rings is 2. The summed E-state index contributed by atoms with van der Waals surface area (Å²) < 4.78 is 7.16. The number of rotatable bonds is 8. The van der Waals surface area contributed by atoms with E-state index in [4.69, 9.17) is 4.74 Å². The lowest BCUT2D eigenvalue weighted by Crippen LogP contribution is -2.35. The third-order valence-electron chi connectivity index (χ3n) is 4.89. The number of hydrogen-bond donors (Lipinski definition) is 1. The summed E-state index contributed by atoms with van der Waals surface area (Å²) in [7, 11) is 1.64. The van der Waals surface area contributed by atoms with Gasteiger partial charge in [-0.3, -0.25) is 9.36 Å². The van der Waals surface area contributed by atoms with Gasteiger partial charge in [0.1, 0.15) is 11.6 Å². The van der Waals surface area contributed by atoms with Gasteiger partial charge >= 0.3 is 0 Å². The molecule has 3 aromatic rings. The molecule has 158 valence electrons. The van der Waals surface area contributed by atoms with Crippen LogP contribution in [0.4, 0.5) is 0 Å². The van der Waals surface area contributed by atoms with Crippen LogP contribution in [0.15, 0.2) is 47.6 Å². The predicted molar refractivity (Wildman–Crippen MR) is 121 cm³/mol. The standard InChI is InChI=1S/C23H28N4O2S/c1-15-6-7-19(16(2)12-15)13-17(3)24-22(28)14-30-23-26-25-18(4)27(23)20-8-10-21(29-5)11-9-20/h6-12,17H,13-14H2,1-5H3,(H,24,28). The van der Waals surface area contributed by atoms with E-state index in [1.807, 2.05) is 42.7 Å². The molecule has 30 heavy (non-hydrogen) atoms. The van der Waals surface area contributed by atoms with Crippen molar-refractivity contribution in [2.75, 3.05) is 12.9 Å². The van der Waals surface area contributed by atoms with Crippen LogP contribution in [0.1, 0.15) is 29.4 Å². The van der Waals surface area contributed by atoms with E-state index in [0.29, 0.717) is 5.16 Å². The lowest BCUT2D eigenvalue weighted by Gasteiger charge is -2.16. The molecular weight excluding hydrogens is 396 g/mol. The number of ether oxygens (including phenoxy) is 1. The van der Waals surface area contributed by atoms with Crippen LogP contribution in [0.25, 0.3) is 5.69 Å². The van der Waals surface area contributed by atoms with Gasteiger partial charge in [-0.1, -0.05) is 35.5 Å². The van der Waals surface area contributed by atoms with Gasteiger partial charge in [0.25, 0.3) is 0 Å². The van der Waals surface area contributed by atoms with Crippen LogP contribution in [0, 0.1) is 20.8 Å². The average Bonchev–Trinajstić information content (AvgIpc) is 3.09. The van der Waals surface area contributed by atoms with E-state index in [1.54, 1.807) is 7.11 Å². The highest BCUT2D eigenvalue weighted by Gasteiger charge is 2.15. The molecule has 0 spiro atoms. The number of thioether (sulfide) groups is 1. The van der Waals surface area contributed by atoms with Crippen molar-refractivity contribution in [1.29, 1.82) is 0 Å². The third-order valence-corrected chi connectivity index (χ3v) is 5.82. The Kier molecular flexibility index (Phi) is 7.15. The van der Waals surface area contributed by atoms with E-state index in [-0.39, 0.29) is 17.7 Å². The zero-order valence-electron chi connectivity index (χ0n) is 18.1. The fourth-order valence-corrected chi connectivity index (χ4v) is 4.18. The van der Waals surface area contributed by atoms with Gasteiger partial charge < -0.3 is 10.1 Å². The largest absolute Gasteiger partial charge is 0.497 e. The second kappa shape index (κ2) is 9.80. The predicted octanol–water partition coefficient (Wildman–Crippen LogP) is 4.04. The number of aromatic nitrogens is 3. The van der Waals surface area contributed by atoms with E-state index >= 15 is 0 Å². The fraction of sp³-hybridized carbons (Fsp3) is 0.348. The van der Waals surface area contributed by atoms with Crippen molar-refractivity contribution >= 4 is 17.7 Å². The number of carbonyl (C=O) groups excluding carboxylic acids is 1. The van der Waals surface area contributed by atoms with E-state index < -0.39 is 0 Å². The van der Waals surface area contributed by atoms with Crippen molar-refractivity contribution < 1.29 is 9.53 Å². The number of methoxy groups -OCH3 is 1. The maximum Gasteiger partial charge on any atom is 0.230 e. The summed E-state index contributed by atoms with van der Waals surface area (Å²) in [6.07, 6.45) is 0.809. The van der Waals surface area contributed by atoms with Crippen LogP contribution in [0.3, 0.4) is 0 Å².